The molecule has 25 heavy (non-hydrogen) atoms. The molecule has 1 atom stereocenters. The van der Waals surface area contributed by atoms with E-state index >= 15 is 0 Å². The first-order chi connectivity index (χ1) is 12.1. The SMILES string of the molecule is C[C@@H](Sc1nnc(-c2cccs2)o1)C(=O)NNC(=O)c1ccccc1. The number of carbonyl (C=O) groups is 2. The average Bonchev–Trinajstić information content (AvgIpc) is 3.31. The molecule has 1 aromatic carbocycles. The smallest absolute Gasteiger partial charge is 0.277 e. The second-order valence-corrected chi connectivity index (χ2v) is 7.16. The number of rotatable bonds is 5. The van der Waals surface area contributed by atoms with Crippen molar-refractivity contribution in [1.82, 2.24) is 21.0 Å². The van der Waals surface area contributed by atoms with E-state index < -0.39 is 5.25 Å². The van der Waals surface area contributed by atoms with Crippen LogP contribution in [0, 0.1) is 0 Å². The first-order valence-electron chi connectivity index (χ1n) is 7.33. The molecule has 9 heteroatoms. The minimum atomic E-state index is -0.521. The van der Waals surface area contributed by atoms with Crippen molar-refractivity contribution in [3.63, 3.8) is 0 Å². The van der Waals surface area contributed by atoms with Crippen molar-refractivity contribution < 1.29 is 14.0 Å². The molecule has 0 saturated heterocycles. The number of thioether (sulfide) groups is 1. The van der Waals surface area contributed by atoms with E-state index in [4.69, 9.17) is 4.42 Å². The van der Waals surface area contributed by atoms with E-state index in [0.29, 0.717) is 16.7 Å². The van der Waals surface area contributed by atoms with E-state index in [2.05, 4.69) is 21.0 Å². The van der Waals surface area contributed by atoms with E-state index in [0.717, 1.165) is 16.6 Å². The Bertz CT molecular complexity index is 849. The fraction of sp³-hybridized carbons (Fsp3) is 0.125. The van der Waals surface area contributed by atoms with Gasteiger partial charge in [-0.1, -0.05) is 36.0 Å². The monoisotopic (exact) mass is 374 g/mol. The van der Waals surface area contributed by atoms with Crippen LogP contribution in [0.1, 0.15) is 17.3 Å². The van der Waals surface area contributed by atoms with Crippen molar-refractivity contribution in [2.75, 3.05) is 0 Å². The van der Waals surface area contributed by atoms with Crippen LogP contribution < -0.4 is 10.9 Å². The molecule has 0 unspecified atom stereocenters. The third kappa shape index (κ3) is 4.46. The molecule has 7 nitrogen and oxygen atoms in total. The summed E-state index contributed by atoms with van der Waals surface area (Å²) in [5.41, 5.74) is 5.22. The number of aromatic nitrogens is 2. The Kier molecular flexibility index (Phi) is 5.46. The van der Waals surface area contributed by atoms with E-state index in [1.54, 1.807) is 31.2 Å². The molecule has 2 amide bonds. The van der Waals surface area contributed by atoms with Gasteiger partial charge >= 0.3 is 0 Å². The summed E-state index contributed by atoms with van der Waals surface area (Å²) in [5, 5.41) is 9.57. The lowest BCUT2D eigenvalue weighted by Crippen LogP contribution is -2.44. The molecule has 0 fully saturated rings. The van der Waals surface area contributed by atoms with Crippen molar-refractivity contribution in [2.24, 2.45) is 0 Å². The van der Waals surface area contributed by atoms with Crippen molar-refractivity contribution >= 4 is 34.9 Å². The highest BCUT2D eigenvalue weighted by Crippen LogP contribution is 2.28. The summed E-state index contributed by atoms with van der Waals surface area (Å²) in [5.74, 6) is -0.337. The van der Waals surface area contributed by atoms with Gasteiger partial charge in [-0.2, -0.15) is 0 Å². The fourth-order valence-electron chi connectivity index (χ4n) is 1.84. The molecule has 2 N–H and O–H groups in total. The lowest BCUT2D eigenvalue weighted by Gasteiger charge is -2.10. The summed E-state index contributed by atoms with van der Waals surface area (Å²) in [6.07, 6.45) is 0. The van der Waals surface area contributed by atoms with Crippen LogP contribution in [0.4, 0.5) is 0 Å². The second-order valence-electron chi connectivity index (χ2n) is 4.92. The molecule has 0 saturated carbocycles. The number of amides is 2. The molecule has 0 aliphatic heterocycles. The summed E-state index contributed by atoms with van der Waals surface area (Å²) in [6, 6.07) is 12.4. The lowest BCUT2D eigenvalue weighted by molar-refractivity contribution is -0.121. The van der Waals surface area contributed by atoms with E-state index in [1.807, 2.05) is 23.6 Å². The van der Waals surface area contributed by atoms with Gasteiger partial charge in [0.1, 0.15) is 0 Å². The summed E-state index contributed by atoms with van der Waals surface area (Å²) in [6.45, 7) is 1.68. The van der Waals surface area contributed by atoms with Gasteiger partial charge in [0.05, 0.1) is 10.1 Å². The van der Waals surface area contributed by atoms with Crippen LogP contribution in [0.25, 0.3) is 10.8 Å². The number of hydrazine groups is 1. The van der Waals surface area contributed by atoms with E-state index in [1.165, 1.54) is 11.3 Å². The van der Waals surface area contributed by atoms with Gasteiger partial charge in [-0.15, -0.1) is 21.5 Å². The summed E-state index contributed by atoms with van der Waals surface area (Å²) >= 11 is 2.61. The third-order valence-electron chi connectivity index (χ3n) is 3.12. The maximum Gasteiger partial charge on any atom is 0.277 e. The maximum absolute atomic E-state index is 12.1. The predicted octanol–water partition coefficient (Wildman–Crippen LogP) is 2.74. The Morgan fingerprint density at radius 2 is 1.92 bits per heavy atom. The zero-order chi connectivity index (χ0) is 17.6. The van der Waals surface area contributed by atoms with Crippen LogP contribution in [0.3, 0.4) is 0 Å². The number of carbonyl (C=O) groups excluding carboxylic acids is 2. The van der Waals surface area contributed by atoms with Crippen LogP contribution in [0.2, 0.25) is 0 Å². The zero-order valence-corrected chi connectivity index (χ0v) is 14.8. The van der Waals surface area contributed by atoms with Gasteiger partial charge in [0.2, 0.25) is 0 Å². The van der Waals surface area contributed by atoms with Crippen molar-refractivity contribution in [3.05, 3.63) is 53.4 Å². The average molecular weight is 374 g/mol. The Hall–Kier alpha value is -2.65. The number of hydrogen-bond acceptors (Lipinski definition) is 7. The van der Waals surface area contributed by atoms with E-state index in [-0.39, 0.29) is 11.8 Å². The Morgan fingerprint density at radius 3 is 2.64 bits per heavy atom. The molecule has 128 valence electrons. The van der Waals surface area contributed by atoms with Gasteiger partial charge in [-0.05, 0) is 30.5 Å². The van der Waals surface area contributed by atoms with Gasteiger partial charge in [-0.25, -0.2) is 0 Å². The number of nitrogens with one attached hydrogen (secondary N) is 2. The molecular formula is C16H14N4O3S2. The molecular weight excluding hydrogens is 360 g/mol. The number of benzene rings is 1. The fourth-order valence-corrected chi connectivity index (χ4v) is 3.17. The molecule has 2 heterocycles. The highest BCUT2D eigenvalue weighted by molar-refractivity contribution is 8.00. The van der Waals surface area contributed by atoms with Gasteiger partial charge in [-0.3, -0.25) is 20.4 Å². The van der Waals surface area contributed by atoms with Gasteiger partial charge in [0.25, 0.3) is 22.9 Å². The summed E-state index contributed by atoms with van der Waals surface area (Å²) in [4.78, 5) is 24.8. The van der Waals surface area contributed by atoms with Crippen molar-refractivity contribution in [3.8, 4) is 10.8 Å². The molecule has 3 rings (SSSR count). The van der Waals surface area contributed by atoms with Gasteiger partial charge in [0, 0.05) is 5.56 Å². The Balaban J connectivity index is 1.52. The predicted molar refractivity (Wildman–Crippen MR) is 95.0 cm³/mol. The normalized spacial score (nSPS) is 11.7. The maximum atomic E-state index is 12.1. The molecule has 0 radical (unpaired) electrons. The van der Waals surface area contributed by atoms with E-state index in [9.17, 15) is 9.59 Å². The van der Waals surface area contributed by atoms with Crippen LogP contribution in [0.15, 0.2) is 57.5 Å². The van der Waals surface area contributed by atoms with Gasteiger partial charge < -0.3 is 4.42 Å². The Morgan fingerprint density at radius 1 is 1.12 bits per heavy atom. The number of nitrogens with zero attached hydrogens (tertiary/aromatic N) is 2. The van der Waals surface area contributed by atoms with Crippen LogP contribution in [-0.2, 0) is 4.79 Å². The zero-order valence-electron chi connectivity index (χ0n) is 13.1. The quantitative estimate of drug-likeness (QED) is 0.526. The molecule has 0 bridgehead atoms. The van der Waals surface area contributed by atoms with Gasteiger partial charge in [0.15, 0.2) is 0 Å². The van der Waals surface area contributed by atoms with Crippen LogP contribution >= 0.6 is 23.1 Å². The first-order valence-corrected chi connectivity index (χ1v) is 9.08. The van der Waals surface area contributed by atoms with Crippen molar-refractivity contribution in [2.45, 2.75) is 17.4 Å². The largest absolute Gasteiger partial charge is 0.410 e. The molecule has 3 aromatic rings. The Labute approximate surface area is 151 Å². The molecule has 2 aromatic heterocycles. The lowest BCUT2D eigenvalue weighted by atomic mass is 10.2. The third-order valence-corrected chi connectivity index (χ3v) is 4.91. The topological polar surface area (TPSA) is 97.1 Å². The van der Waals surface area contributed by atoms with Crippen LogP contribution in [0.5, 0.6) is 0 Å². The van der Waals surface area contributed by atoms with Crippen molar-refractivity contribution in [1.29, 1.82) is 0 Å². The first kappa shape index (κ1) is 17.2. The summed E-state index contributed by atoms with van der Waals surface area (Å²) in [7, 11) is 0. The summed E-state index contributed by atoms with van der Waals surface area (Å²) < 4.78 is 5.53. The van der Waals surface area contributed by atoms with Crippen LogP contribution in [-0.4, -0.2) is 27.3 Å². The standard InChI is InChI=1S/C16H14N4O3S2/c1-10(13(21)17-18-14(22)11-6-3-2-4-7-11)25-16-20-19-15(23-16)12-8-5-9-24-12/h2-10H,1H3,(H,17,21)(H,18,22)/t10-/m1/s1. The number of hydrogen-bond donors (Lipinski definition) is 2. The highest BCUT2D eigenvalue weighted by atomic mass is 32.2. The number of thiophene rings is 1. The molecule has 0 aliphatic carbocycles. The minimum Gasteiger partial charge on any atom is -0.410 e. The molecule has 0 spiro atoms. The minimum absolute atomic E-state index is 0.292. The molecule has 0 aliphatic rings. The highest BCUT2D eigenvalue weighted by Gasteiger charge is 2.19. The second kappa shape index (κ2) is 7.95.